The first-order valence-corrected chi connectivity index (χ1v) is 11.2. The smallest absolute Gasteiger partial charge is 0.341 e. The van der Waals surface area contributed by atoms with Gasteiger partial charge in [-0.25, -0.2) is 4.79 Å². The van der Waals surface area contributed by atoms with Crippen molar-refractivity contribution in [3.63, 3.8) is 0 Å². The largest absolute Gasteiger partial charge is 0.462 e. The Bertz CT molecular complexity index is 1150. The van der Waals surface area contributed by atoms with Crippen LogP contribution in [0.15, 0.2) is 58.4 Å². The maximum Gasteiger partial charge on any atom is 0.341 e. The molecule has 0 radical (unpaired) electrons. The fraction of sp³-hybridized carbons (Fsp3) is 0.130. The van der Waals surface area contributed by atoms with E-state index in [1.54, 1.807) is 25.1 Å². The number of esters is 1. The molecule has 8 heteroatoms. The van der Waals surface area contributed by atoms with E-state index in [1.807, 2.05) is 35.7 Å². The monoisotopic (exact) mass is 499 g/mol. The third-order valence-corrected chi connectivity index (χ3v) is 5.91. The Hall–Kier alpha value is -3.10. The number of hydrogen-bond acceptors (Lipinski definition) is 6. The minimum absolute atomic E-state index is 0.193. The van der Waals surface area contributed by atoms with Gasteiger partial charge in [0, 0.05) is 21.5 Å². The second-order valence-corrected chi connectivity index (χ2v) is 8.31. The molecule has 1 aliphatic rings. The molecule has 6 nitrogen and oxygen atoms in total. The summed E-state index contributed by atoms with van der Waals surface area (Å²) in [5, 5.41) is 5.08. The molecule has 0 fully saturated rings. The number of thiophene rings is 1. The average molecular weight is 500 g/mol. The molecule has 31 heavy (non-hydrogen) atoms. The molecule has 1 N–H and O–H groups in total. The third-order valence-electron chi connectivity index (χ3n) is 4.49. The van der Waals surface area contributed by atoms with Crippen molar-refractivity contribution in [2.45, 2.75) is 6.92 Å². The maximum absolute atomic E-state index is 12.6. The predicted molar refractivity (Wildman–Crippen MR) is 124 cm³/mol. The molecular weight excluding hydrogens is 482 g/mol. The number of hydrogen-bond donors (Lipinski definition) is 1. The topological polar surface area (TPSA) is 73.9 Å². The lowest BCUT2D eigenvalue weighted by molar-refractivity contribution is -0.111. The van der Waals surface area contributed by atoms with Crippen LogP contribution in [0.3, 0.4) is 0 Å². The van der Waals surface area contributed by atoms with Gasteiger partial charge in [0.2, 0.25) is 12.7 Å². The van der Waals surface area contributed by atoms with Crippen molar-refractivity contribution in [3.8, 4) is 22.6 Å². The zero-order chi connectivity index (χ0) is 21.8. The van der Waals surface area contributed by atoms with Gasteiger partial charge in [-0.2, -0.15) is 0 Å². The second-order valence-electron chi connectivity index (χ2n) is 6.52. The van der Waals surface area contributed by atoms with Crippen LogP contribution >= 0.6 is 27.3 Å². The number of nitrogens with one attached hydrogen (secondary N) is 1. The van der Waals surface area contributed by atoms with Gasteiger partial charge in [0.05, 0.1) is 6.61 Å². The van der Waals surface area contributed by atoms with E-state index in [0.29, 0.717) is 27.6 Å². The Kier molecular flexibility index (Phi) is 6.39. The first-order valence-electron chi connectivity index (χ1n) is 9.48. The van der Waals surface area contributed by atoms with Crippen LogP contribution in [-0.4, -0.2) is 25.3 Å². The molecule has 1 aromatic heterocycles. The lowest BCUT2D eigenvalue weighted by Crippen LogP contribution is -2.12. The fourth-order valence-electron chi connectivity index (χ4n) is 3.04. The lowest BCUT2D eigenvalue weighted by Gasteiger charge is -2.08. The van der Waals surface area contributed by atoms with Gasteiger partial charge in [-0.15, -0.1) is 11.3 Å². The van der Waals surface area contributed by atoms with E-state index < -0.39 is 5.97 Å². The minimum atomic E-state index is -0.475. The van der Waals surface area contributed by atoms with Crippen molar-refractivity contribution in [1.29, 1.82) is 0 Å². The third kappa shape index (κ3) is 4.81. The highest BCUT2D eigenvalue weighted by molar-refractivity contribution is 9.10. The quantitative estimate of drug-likeness (QED) is 0.346. The van der Waals surface area contributed by atoms with Gasteiger partial charge in [0.25, 0.3) is 0 Å². The van der Waals surface area contributed by atoms with Crippen LogP contribution in [0, 0.1) is 0 Å². The minimum Gasteiger partial charge on any atom is -0.462 e. The highest BCUT2D eigenvalue weighted by Crippen LogP contribution is 2.37. The molecule has 4 rings (SSSR count). The van der Waals surface area contributed by atoms with E-state index in [1.165, 1.54) is 17.4 Å². The lowest BCUT2D eigenvalue weighted by atomic mass is 10.0. The van der Waals surface area contributed by atoms with Crippen molar-refractivity contribution in [1.82, 2.24) is 0 Å². The Morgan fingerprint density at radius 2 is 1.94 bits per heavy atom. The maximum atomic E-state index is 12.6. The zero-order valence-corrected chi connectivity index (χ0v) is 18.9. The number of ether oxygens (including phenoxy) is 3. The molecule has 0 bridgehead atoms. The van der Waals surface area contributed by atoms with Gasteiger partial charge in [-0.05, 0) is 48.4 Å². The average Bonchev–Trinajstić information content (AvgIpc) is 3.39. The van der Waals surface area contributed by atoms with Gasteiger partial charge in [-0.1, -0.05) is 34.1 Å². The van der Waals surface area contributed by atoms with Crippen LogP contribution < -0.4 is 14.8 Å². The number of carbonyl (C=O) groups is 2. The molecule has 0 atom stereocenters. The van der Waals surface area contributed by atoms with Gasteiger partial charge >= 0.3 is 5.97 Å². The molecule has 1 amide bonds. The highest BCUT2D eigenvalue weighted by atomic mass is 79.9. The molecule has 2 heterocycles. The van der Waals surface area contributed by atoms with E-state index in [9.17, 15) is 9.59 Å². The fourth-order valence-corrected chi connectivity index (χ4v) is 4.26. The first kappa shape index (κ1) is 21.1. The van der Waals surface area contributed by atoms with Gasteiger partial charge in [0.1, 0.15) is 10.6 Å². The normalized spacial score (nSPS) is 12.2. The van der Waals surface area contributed by atoms with Crippen LogP contribution in [0.2, 0.25) is 0 Å². The van der Waals surface area contributed by atoms with Crippen LogP contribution in [0.5, 0.6) is 11.5 Å². The molecule has 1 aliphatic heterocycles. The van der Waals surface area contributed by atoms with Crippen molar-refractivity contribution >= 4 is 50.2 Å². The molecule has 0 unspecified atom stereocenters. The summed E-state index contributed by atoms with van der Waals surface area (Å²) in [4.78, 5) is 25.2. The van der Waals surface area contributed by atoms with Gasteiger partial charge < -0.3 is 19.5 Å². The zero-order valence-electron chi connectivity index (χ0n) is 16.5. The molecule has 2 aromatic carbocycles. The first-order chi connectivity index (χ1) is 15.0. The van der Waals surface area contributed by atoms with Gasteiger partial charge in [-0.3, -0.25) is 4.79 Å². The van der Waals surface area contributed by atoms with Crippen LogP contribution in [-0.2, 0) is 9.53 Å². The highest BCUT2D eigenvalue weighted by Gasteiger charge is 2.22. The molecule has 3 aromatic rings. The van der Waals surface area contributed by atoms with E-state index in [2.05, 4.69) is 21.2 Å². The van der Waals surface area contributed by atoms with Crippen LogP contribution in [0.25, 0.3) is 17.2 Å². The van der Waals surface area contributed by atoms with E-state index in [0.717, 1.165) is 15.6 Å². The summed E-state index contributed by atoms with van der Waals surface area (Å²) in [6, 6.07) is 13.0. The SMILES string of the molecule is CCOC(=O)c1c(-c2ccc(Br)cc2)csc1NC(=O)C=Cc1ccc2c(c1)OCO2. The van der Waals surface area contributed by atoms with Crippen molar-refractivity contribution in [2.24, 2.45) is 0 Å². The number of benzene rings is 2. The number of anilines is 1. The second kappa shape index (κ2) is 9.36. The Morgan fingerprint density at radius 3 is 2.71 bits per heavy atom. The molecule has 0 spiro atoms. The Labute approximate surface area is 191 Å². The molecule has 0 saturated carbocycles. The summed E-state index contributed by atoms with van der Waals surface area (Å²) in [5.41, 5.74) is 2.72. The standard InChI is InChI=1S/C23H18BrNO5S/c1-2-28-23(27)21-17(15-5-7-16(24)8-6-15)12-31-22(21)25-20(26)10-4-14-3-9-18-19(11-14)30-13-29-18/h3-12H,2,13H2,1H3,(H,25,26). The molecule has 0 aliphatic carbocycles. The van der Waals surface area contributed by atoms with Gasteiger partial charge in [0.15, 0.2) is 11.5 Å². The molecular formula is C23H18BrNO5S. The summed E-state index contributed by atoms with van der Waals surface area (Å²) in [7, 11) is 0. The van der Waals surface area contributed by atoms with Crippen molar-refractivity contribution in [3.05, 3.63) is 69.5 Å². The predicted octanol–water partition coefficient (Wildman–Crippen LogP) is 5.73. The summed E-state index contributed by atoms with van der Waals surface area (Å²) in [6.45, 7) is 2.18. The van der Waals surface area contributed by atoms with Crippen molar-refractivity contribution < 1.29 is 23.8 Å². The summed E-state index contributed by atoms with van der Waals surface area (Å²) >= 11 is 4.69. The number of rotatable bonds is 6. The number of fused-ring (bicyclic) bond motifs is 1. The Morgan fingerprint density at radius 1 is 1.16 bits per heavy atom. The molecule has 0 saturated heterocycles. The van der Waals surface area contributed by atoms with E-state index in [4.69, 9.17) is 14.2 Å². The van der Waals surface area contributed by atoms with E-state index in [-0.39, 0.29) is 19.3 Å². The molecule has 158 valence electrons. The summed E-state index contributed by atoms with van der Waals surface area (Å²) in [5.74, 6) is 0.494. The van der Waals surface area contributed by atoms with E-state index >= 15 is 0 Å². The van der Waals surface area contributed by atoms with Crippen LogP contribution in [0.1, 0.15) is 22.8 Å². The summed E-state index contributed by atoms with van der Waals surface area (Å²) < 4.78 is 16.8. The number of carbonyl (C=O) groups excluding carboxylic acids is 2. The number of amides is 1. The number of halogens is 1. The summed E-state index contributed by atoms with van der Waals surface area (Å²) in [6.07, 6.45) is 3.08. The Balaban J connectivity index is 1.56. The van der Waals surface area contributed by atoms with Crippen LogP contribution in [0.4, 0.5) is 5.00 Å². The van der Waals surface area contributed by atoms with Crippen molar-refractivity contribution in [2.75, 3.05) is 18.7 Å².